The van der Waals surface area contributed by atoms with E-state index < -0.39 is 0 Å². The van der Waals surface area contributed by atoms with Crippen LogP contribution in [0.4, 0.5) is 0 Å². The number of hydrogen-bond donors (Lipinski definition) is 2. The van der Waals surface area contributed by atoms with E-state index in [0.717, 1.165) is 17.8 Å². The number of aromatic nitrogens is 1. The molecule has 5 heteroatoms. The van der Waals surface area contributed by atoms with Crippen molar-refractivity contribution in [2.24, 2.45) is 5.73 Å². The lowest BCUT2D eigenvalue weighted by Gasteiger charge is -2.00. The monoisotopic (exact) mass is 275 g/mol. The van der Waals surface area contributed by atoms with E-state index >= 15 is 0 Å². The van der Waals surface area contributed by atoms with Crippen LogP contribution in [0.5, 0.6) is 0 Å². The summed E-state index contributed by atoms with van der Waals surface area (Å²) in [5, 5.41) is 5.56. The van der Waals surface area contributed by atoms with Crippen molar-refractivity contribution in [1.29, 1.82) is 0 Å². The molecule has 0 aliphatic rings. The van der Waals surface area contributed by atoms with Gasteiger partial charge < -0.3 is 11.1 Å². The number of rotatable bonds is 6. The summed E-state index contributed by atoms with van der Waals surface area (Å²) in [4.78, 5) is 16.1. The van der Waals surface area contributed by atoms with Crippen LogP contribution in [0, 0.1) is 0 Å². The molecule has 0 unspecified atom stereocenters. The number of nitrogens with zero attached hydrogens (tertiary/aromatic N) is 1. The molecule has 0 radical (unpaired) electrons. The SMILES string of the molecule is NCCCNC(=O)c1csc(Cc2ccccc2)n1. The van der Waals surface area contributed by atoms with Gasteiger partial charge >= 0.3 is 0 Å². The maximum atomic E-state index is 11.8. The largest absolute Gasteiger partial charge is 0.351 e. The van der Waals surface area contributed by atoms with E-state index in [2.05, 4.69) is 22.4 Å². The number of carbonyl (C=O) groups excluding carboxylic acids is 1. The quantitative estimate of drug-likeness (QED) is 0.790. The number of nitrogens with two attached hydrogens (primary N) is 1. The Hall–Kier alpha value is -1.72. The van der Waals surface area contributed by atoms with Crippen molar-refractivity contribution in [3.05, 3.63) is 52.0 Å². The predicted octanol–water partition coefficient (Wildman–Crippen LogP) is 1.81. The zero-order chi connectivity index (χ0) is 13.5. The number of carbonyl (C=O) groups is 1. The molecule has 3 N–H and O–H groups in total. The molecule has 0 fully saturated rings. The Morgan fingerprint density at radius 3 is 2.84 bits per heavy atom. The molecule has 1 aromatic carbocycles. The van der Waals surface area contributed by atoms with Gasteiger partial charge in [0.1, 0.15) is 5.69 Å². The highest BCUT2D eigenvalue weighted by Gasteiger charge is 2.10. The number of thiazole rings is 1. The van der Waals surface area contributed by atoms with Gasteiger partial charge in [-0.25, -0.2) is 4.98 Å². The van der Waals surface area contributed by atoms with E-state index in [0.29, 0.717) is 18.8 Å². The molecule has 0 aliphatic carbocycles. The van der Waals surface area contributed by atoms with Crippen LogP contribution in [0.2, 0.25) is 0 Å². The molecule has 0 atom stereocenters. The normalized spacial score (nSPS) is 10.4. The summed E-state index contributed by atoms with van der Waals surface area (Å²) < 4.78 is 0. The molecule has 0 bridgehead atoms. The standard InChI is InChI=1S/C14H17N3OS/c15-7-4-8-16-14(18)12-10-19-13(17-12)9-11-5-2-1-3-6-11/h1-3,5-6,10H,4,7-9,15H2,(H,16,18). The van der Waals surface area contributed by atoms with Crippen LogP contribution in [0.15, 0.2) is 35.7 Å². The van der Waals surface area contributed by atoms with Gasteiger partial charge in [0.05, 0.1) is 5.01 Å². The van der Waals surface area contributed by atoms with Gasteiger partial charge in [-0.05, 0) is 18.5 Å². The predicted molar refractivity (Wildman–Crippen MR) is 77.4 cm³/mol. The molecule has 100 valence electrons. The zero-order valence-corrected chi connectivity index (χ0v) is 11.5. The molecule has 2 rings (SSSR count). The van der Waals surface area contributed by atoms with E-state index in [-0.39, 0.29) is 5.91 Å². The minimum atomic E-state index is -0.121. The van der Waals surface area contributed by atoms with Crippen molar-refractivity contribution < 1.29 is 4.79 Å². The van der Waals surface area contributed by atoms with Crippen LogP contribution in [-0.2, 0) is 6.42 Å². The lowest BCUT2D eigenvalue weighted by molar-refractivity contribution is 0.0949. The molecule has 1 heterocycles. The van der Waals surface area contributed by atoms with E-state index in [1.807, 2.05) is 18.2 Å². The first kappa shape index (κ1) is 13.7. The summed E-state index contributed by atoms with van der Waals surface area (Å²) in [7, 11) is 0. The third kappa shape index (κ3) is 4.15. The molecular weight excluding hydrogens is 258 g/mol. The van der Waals surface area contributed by atoms with Crippen LogP contribution < -0.4 is 11.1 Å². The fourth-order valence-corrected chi connectivity index (χ4v) is 2.47. The van der Waals surface area contributed by atoms with Crippen molar-refractivity contribution in [3.8, 4) is 0 Å². The summed E-state index contributed by atoms with van der Waals surface area (Å²) >= 11 is 1.52. The molecule has 19 heavy (non-hydrogen) atoms. The molecule has 2 aromatic rings. The highest BCUT2D eigenvalue weighted by atomic mass is 32.1. The second-order valence-corrected chi connectivity index (χ2v) is 5.13. The van der Waals surface area contributed by atoms with E-state index in [4.69, 9.17) is 5.73 Å². The summed E-state index contributed by atoms with van der Waals surface area (Å²) in [5.74, 6) is -0.121. The van der Waals surface area contributed by atoms with Crippen LogP contribution in [0.3, 0.4) is 0 Å². The van der Waals surface area contributed by atoms with Crippen molar-refractivity contribution in [2.45, 2.75) is 12.8 Å². The molecule has 0 aliphatic heterocycles. The van der Waals surface area contributed by atoms with Gasteiger partial charge in [-0.1, -0.05) is 30.3 Å². The smallest absolute Gasteiger partial charge is 0.270 e. The molecule has 0 saturated heterocycles. The number of nitrogens with one attached hydrogen (secondary N) is 1. The van der Waals surface area contributed by atoms with E-state index in [9.17, 15) is 4.79 Å². The summed E-state index contributed by atoms with van der Waals surface area (Å²) in [6, 6.07) is 10.1. The minimum Gasteiger partial charge on any atom is -0.351 e. The Morgan fingerprint density at radius 2 is 2.11 bits per heavy atom. The third-order valence-electron chi connectivity index (χ3n) is 2.65. The van der Waals surface area contributed by atoms with Gasteiger partial charge in [-0.3, -0.25) is 4.79 Å². The second kappa shape index (κ2) is 7.01. The van der Waals surface area contributed by atoms with Crippen LogP contribution >= 0.6 is 11.3 Å². The average Bonchev–Trinajstić information content (AvgIpc) is 2.89. The molecule has 1 aromatic heterocycles. The van der Waals surface area contributed by atoms with Gasteiger partial charge in [0.15, 0.2) is 0 Å². The Balaban J connectivity index is 1.93. The molecule has 4 nitrogen and oxygen atoms in total. The van der Waals surface area contributed by atoms with E-state index in [1.54, 1.807) is 5.38 Å². The second-order valence-electron chi connectivity index (χ2n) is 4.19. The van der Waals surface area contributed by atoms with Crippen molar-refractivity contribution in [2.75, 3.05) is 13.1 Å². The molecule has 0 saturated carbocycles. The zero-order valence-electron chi connectivity index (χ0n) is 10.6. The average molecular weight is 275 g/mol. The van der Waals surface area contributed by atoms with Crippen molar-refractivity contribution in [3.63, 3.8) is 0 Å². The van der Waals surface area contributed by atoms with Gasteiger partial charge in [0.2, 0.25) is 0 Å². The third-order valence-corrected chi connectivity index (χ3v) is 3.50. The summed E-state index contributed by atoms with van der Waals surface area (Å²) in [6.45, 7) is 1.18. The number of amides is 1. The van der Waals surface area contributed by atoms with Crippen LogP contribution in [0.25, 0.3) is 0 Å². The van der Waals surface area contributed by atoms with Gasteiger partial charge in [-0.15, -0.1) is 11.3 Å². The first-order valence-electron chi connectivity index (χ1n) is 6.26. The van der Waals surface area contributed by atoms with Gasteiger partial charge in [0.25, 0.3) is 5.91 Å². The Kier molecular flexibility index (Phi) is 5.06. The topological polar surface area (TPSA) is 68.0 Å². The number of benzene rings is 1. The lowest BCUT2D eigenvalue weighted by atomic mass is 10.2. The Bertz CT molecular complexity index is 524. The van der Waals surface area contributed by atoms with Gasteiger partial charge in [-0.2, -0.15) is 0 Å². The van der Waals surface area contributed by atoms with Crippen molar-refractivity contribution >= 4 is 17.2 Å². The highest BCUT2D eigenvalue weighted by molar-refractivity contribution is 7.09. The van der Waals surface area contributed by atoms with Gasteiger partial charge in [0, 0.05) is 18.3 Å². The fourth-order valence-electron chi connectivity index (χ4n) is 1.66. The maximum absolute atomic E-state index is 11.8. The molecule has 1 amide bonds. The minimum absolute atomic E-state index is 0.121. The van der Waals surface area contributed by atoms with Crippen LogP contribution in [0.1, 0.15) is 27.5 Å². The first-order chi connectivity index (χ1) is 9.29. The summed E-state index contributed by atoms with van der Waals surface area (Å²) in [5.41, 5.74) is 7.07. The number of hydrogen-bond acceptors (Lipinski definition) is 4. The molecule has 0 spiro atoms. The highest BCUT2D eigenvalue weighted by Crippen LogP contribution is 2.14. The Labute approximate surface area is 116 Å². The van der Waals surface area contributed by atoms with Crippen molar-refractivity contribution in [1.82, 2.24) is 10.3 Å². The molecular formula is C14H17N3OS. The van der Waals surface area contributed by atoms with Crippen LogP contribution in [-0.4, -0.2) is 24.0 Å². The fraction of sp³-hybridized carbons (Fsp3) is 0.286. The lowest BCUT2D eigenvalue weighted by Crippen LogP contribution is -2.26. The maximum Gasteiger partial charge on any atom is 0.270 e. The Morgan fingerprint density at radius 1 is 1.32 bits per heavy atom. The summed E-state index contributed by atoms with van der Waals surface area (Å²) in [6.07, 6.45) is 1.55. The first-order valence-corrected chi connectivity index (χ1v) is 7.14. The van der Waals surface area contributed by atoms with E-state index in [1.165, 1.54) is 16.9 Å².